The number of aromatic amines is 1. The van der Waals surface area contributed by atoms with Crippen molar-refractivity contribution in [2.75, 3.05) is 0 Å². The van der Waals surface area contributed by atoms with Crippen LogP contribution in [0.2, 0.25) is 0 Å². The zero-order chi connectivity index (χ0) is 21.2. The van der Waals surface area contributed by atoms with Gasteiger partial charge in [-0.05, 0) is 35.9 Å². The van der Waals surface area contributed by atoms with Crippen LogP contribution in [-0.4, -0.2) is 15.4 Å². The fraction of sp³-hybridized carbons (Fsp3) is 0.167. The monoisotopic (exact) mass is 412 g/mol. The summed E-state index contributed by atoms with van der Waals surface area (Å²) in [4.78, 5) is 0. The predicted molar refractivity (Wildman–Crippen MR) is 87.3 cm³/mol. The van der Waals surface area contributed by atoms with Crippen LogP contribution in [0.25, 0.3) is 11.3 Å². The quantitative estimate of drug-likeness (QED) is 0.615. The molecule has 2 aromatic carbocycles. The van der Waals surface area contributed by atoms with Crippen LogP contribution in [0.1, 0.15) is 22.4 Å². The Kier molecular flexibility index (Phi) is 5.19. The van der Waals surface area contributed by atoms with Gasteiger partial charge >= 0.3 is 12.4 Å². The molecular weight excluding hydrogens is 402 g/mol. The van der Waals surface area contributed by atoms with Gasteiger partial charge in [-0.1, -0.05) is 17.3 Å². The van der Waals surface area contributed by atoms with Gasteiger partial charge in [-0.2, -0.15) is 31.6 Å². The van der Waals surface area contributed by atoms with Gasteiger partial charge < -0.3 is 4.74 Å². The minimum absolute atomic E-state index is 0.0537. The van der Waals surface area contributed by atoms with E-state index in [2.05, 4.69) is 15.4 Å². The second-order valence-corrected chi connectivity index (χ2v) is 5.88. The molecule has 0 saturated carbocycles. The molecule has 0 atom stereocenters. The van der Waals surface area contributed by atoms with E-state index in [0.29, 0.717) is 17.7 Å². The number of alkyl halides is 6. The van der Waals surface area contributed by atoms with Gasteiger partial charge in [-0.25, -0.2) is 5.10 Å². The van der Waals surface area contributed by atoms with E-state index >= 15 is 0 Å². The van der Waals surface area contributed by atoms with Crippen molar-refractivity contribution in [3.63, 3.8) is 0 Å². The number of nitrogens with zero attached hydrogens (tertiary/aromatic N) is 3. The number of aromatic nitrogens is 3. The van der Waals surface area contributed by atoms with Crippen LogP contribution in [0.15, 0.2) is 42.5 Å². The Hall–Kier alpha value is -3.55. The summed E-state index contributed by atoms with van der Waals surface area (Å²) < 4.78 is 82.9. The molecule has 5 nitrogen and oxygen atoms in total. The highest BCUT2D eigenvalue weighted by molar-refractivity contribution is 5.65. The Morgan fingerprint density at radius 3 is 2.21 bits per heavy atom. The molecule has 0 fully saturated rings. The van der Waals surface area contributed by atoms with Crippen molar-refractivity contribution in [3.8, 4) is 23.1 Å². The van der Waals surface area contributed by atoms with Crippen molar-refractivity contribution >= 4 is 0 Å². The van der Waals surface area contributed by atoms with Crippen LogP contribution in [-0.2, 0) is 19.0 Å². The molecule has 3 rings (SSSR count). The van der Waals surface area contributed by atoms with Crippen molar-refractivity contribution < 1.29 is 31.1 Å². The lowest BCUT2D eigenvalue weighted by molar-refractivity contribution is -0.143. The standard InChI is InChI=1S/C18H10F6N4O/c19-17(20,21)12-4-10(5-13(7-12)18(22,23)24)9-29-14-3-1-2-11(6-14)16-15(8-25)26-28-27-16/h1-7H,9H2,(H,26,27,28). The number of hydrogen-bond donors (Lipinski definition) is 1. The second kappa shape index (κ2) is 7.46. The molecule has 1 aromatic heterocycles. The number of ether oxygens (including phenoxy) is 1. The van der Waals surface area contributed by atoms with Crippen LogP contribution in [0.4, 0.5) is 26.3 Å². The van der Waals surface area contributed by atoms with E-state index in [9.17, 15) is 26.3 Å². The maximum Gasteiger partial charge on any atom is 0.416 e. The number of benzene rings is 2. The molecule has 0 saturated heterocycles. The summed E-state index contributed by atoms with van der Waals surface area (Å²) in [7, 11) is 0. The molecule has 0 radical (unpaired) electrons. The highest BCUT2D eigenvalue weighted by atomic mass is 19.4. The van der Waals surface area contributed by atoms with Crippen LogP contribution in [0, 0.1) is 11.3 Å². The molecule has 150 valence electrons. The topological polar surface area (TPSA) is 74.6 Å². The molecule has 1 heterocycles. The normalized spacial score (nSPS) is 11.9. The molecule has 1 N–H and O–H groups in total. The minimum atomic E-state index is -4.93. The molecule has 0 bridgehead atoms. The highest BCUT2D eigenvalue weighted by Gasteiger charge is 2.36. The summed E-state index contributed by atoms with van der Waals surface area (Å²) in [6, 6.07) is 9.15. The fourth-order valence-electron chi connectivity index (χ4n) is 2.51. The molecule has 0 aliphatic rings. The molecule has 11 heteroatoms. The first-order chi connectivity index (χ1) is 13.6. The summed E-state index contributed by atoms with van der Waals surface area (Å²) in [5.41, 5.74) is -2.36. The first-order valence-corrected chi connectivity index (χ1v) is 7.90. The first-order valence-electron chi connectivity index (χ1n) is 7.90. The van der Waals surface area contributed by atoms with E-state index < -0.39 is 30.1 Å². The Bertz CT molecular complexity index is 1030. The molecule has 0 spiro atoms. The van der Waals surface area contributed by atoms with Gasteiger partial charge in [0, 0.05) is 5.56 Å². The van der Waals surface area contributed by atoms with Gasteiger partial charge in [0.15, 0.2) is 5.69 Å². The largest absolute Gasteiger partial charge is 0.489 e. The average Bonchev–Trinajstić information content (AvgIpc) is 3.14. The lowest BCUT2D eigenvalue weighted by Gasteiger charge is -2.15. The number of H-pyrrole nitrogens is 1. The summed E-state index contributed by atoms with van der Waals surface area (Å²) in [6.07, 6.45) is -9.87. The SMILES string of the molecule is N#Cc1[nH]nnc1-c1cccc(OCc2cc(C(F)(F)F)cc(C(F)(F)F)c2)c1. The summed E-state index contributed by atoms with van der Waals surface area (Å²) in [5, 5.41) is 18.7. The number of nitriles is 1. The van der Waals surface area contributed by atoms with Gasteiger partial charge in [0.1, 0.15) is 24.1 Å². The molecular formula is C18H10F6N4O. The third-order valence-electron chi connectivity index (χ3n) is 3.82. The van der Waals surface area contributed by atoms with E-state index in [1.165, 1.54) is 18.2 Å². The maximum absolute atomic E-state index is 12.9. The van der Waals surface area contributed by atoms with E-state index in [1.54, 1.807) is 6.07 Å². The smallest absolute Gasteiger partial charge is 0.416 e. The molecule has 3 aromatic rings. The van der Waals surface area contributed by atoms with Gasteiger partial charge in [-0.15, -0.1) is 5.10 Å². The van der Waals surface area contributed by atoms with Crippen LogP contribution in [0.3, 0.4) is 0 Å². The zero-order valence-electron chi connectivity index (χ0n) is 14.3. The Balaban J connectivity index is 1.87. The van der Waals surface area contributed by atoms with E-state index in [4.69, 9.17) is 10.00 Å². The van der Waals surface area contributed by atoms with E-state index in [0.717, 1.165) is 0 Å². The third kappa shape index (κ3) is 4.66. The van der Waals surface area contributed by atoms with Crippen LogP contribution < -0.4 is 4.74 Å². The van der Waals surface area contributed by atoms with Gasteiger partial charge in [-0.3, -0.25) is 0 Å². The maximum atomic E-state index is 12.9. The van der Waals surface area contributed by atoms with E-state index in [1.807, 2.05) is 6.07 Å². The minimum Gasteiger partial charge on any atom is -0.489 e. The molecule has 0 unspecified atom stereocenters. The molecule has 0 aliphatic carbocycles. The Labute approximate surface area is 159 Å². The Morgan fingerprint density at radius 1 is 0.966 bits per heavy atom. The molecule has 0 amide bonds. The average molecular weight is 412 g/mol. The summed E-state index contributed by atoms with van der Waals surface area (Å²) >= 11 is 0. The van der Waals surface area contributed by atoms with E-state index in [-0.39, 0.29) is 28.8 Å². The van der Waals surface area contributed by atoms with Gasteiger partial charge in [0.05, 0.1) is 11.1 Å². The number of halogens is 6. The number of nitrogens with one attached hydrogen (secondary N) is 1. The zero-order valence-corrected chi connectivity index (χ0v) is 14.3. The van der Waals surface area contributed by atoms with Crippen molar-refractivity contribution in [1.29, 1.82) is 5.26 Å². The fourth-order valence-corrected chi connectivity index (χ4v) is 2.51. The predicted octanol–water partition coefficient (Wildman–Crippen LogP) is 4.96. The lowest BCUT2D eigenvalue weighted by atomic mass is 10.1. The van der Waals surface area contributed by atoms with Gasteiger partial charge in [0.2, 0.25) is 0 Å². The van der Waals surface area contributed by atoms with Crippen molar-refractivity contribution in [1.82, 2.24) is 15.4 Å². The van der Waals surface area contributed by atoms with Crippen molar-refractivity contribution in [2.24, 2.45) is 0 Å². The van der Waals surface area contributed by atoms with Crippen molar-refractivity contribution in [3.05, 3.63) is 64.8 Å². The second-order valence-electron chi connectivity index (χ2n) is 5.88. The lowest BCUT2D eigenvalue weighted by Crippen LogP contribution is -2.12. The highest BCUT2D eigenvalue weighted by Crippen LogP contribution is 2.36. The summed E-state index contributed by atoms with van der Waals surface area (Å²) in [5.74, 6) is 0.167. The first kappa shape index (κ1) is 20.2. The molecule has 29 heavy (non-hydrogen) atoms. The number of rotatable bonds is 4. The van der Waals surface area contributed by atoms with Crippen LogP contribution in [0.5, 0.6) is 5.75 Å². The summed E-state index contributed by atoms with van der Waals surface area (Å²) in [6.45, 7) is -0.527. The van der Waals surface area contributed by atoms with Crippen molar-refractivity contribution in [2.45, 2.75) is 19.0 Å². The molecule has 0 aliphatic heterocycles. The third-order valence-corrected chi connectivity index (χ3v) is 3.82. The van der Waals surface area contributed by atoms with Crippen LogP contribution >= 0.6 is 0 Å². The van der Waals surface area contributed by atoms with Gasteiger partial charge in [0.25, 0.3) is 0 Å². The Morgan fingerprint density at radius 2 is 1.62 bits per heavy atom. The number of hydrogen-bond acceptors (Lipinski definition) is 4.